The summed E-state index contributed by atoms with van der Waals surface area (Å²) in [4.78, 5) is 16.2. The minimum absolute atomic E-state index is 0.0195. The van der Waals surface area contributed by atoms with E-state index < -0.39 is 8.32 Å². The van der Waals surface area contributed by atoms with Crippen LogP contribution in [0, 0.1) is 5.21 Å². The zero-order chi connectivity index (χ0) is 22.8. The molecular formula is C23H33N3O4Si. The van der Waals surface area contributed by atoms with Crippen molar-refractivity contribution in [3.8, 4) is 11.5 Å². The van der Waals surface area contributed by atoms with Crippen molar-refractivity contribution < 1.29 is 18.7 Å². The van der Waals surface area contributed by atoms with Gasteiger partial charge in [0.2, 0.25) is 8.32 Å². The lowest BCUT2D eigenvalue weighted by Gasteiger charge is -2.37. The highest BCUT2D eigenvalue weighted by atomic mass is 28.4. The number of amides is 1. The second kappa shape index (κ2) is 8.78. The molecule has 1 amide bonds. The molecule has 3 rings (SSSR count). The number of hydrogen-bond acceptors (Lipinski definition) is 5. The fourth-order valence-electron chi connectivity index (χ4n) is 3.24. The van der Waals surface area contributed by atoms with Gasteiger partial charge in [0, 0.05) is 25.1 Å². The van der Waals surface area contributed by atoms with Crippen LogP contribution in [0.2, 0.25) is 18.1 Å². The molecule has 2 aromatic rings. The van der Waals surface area contributed by atoms with Gasteiger partial charge in [-0.15, -0.1) is 0 Å². The predicted molar refractivity (Wildman–Crippen MR) is 125 cm³/mol. The first-order chi connectivity index (χ1) is 14.5. The number of carbonyl (C=O) groups is 1. The Labute approximate surface area is 185 Å². The van der Waals surface area contributed by atoms with E-state index in [2.05, 4.69) is 33.9 Å². The Bertz CT molecular complexity index is 943. The Kier molecular flexibility index (Phi) is 6.50. The molecule has 0 N–H and O–H groups in total. The van der Waals surface area contributed by atoms with Gasteiger partial charge < -0.3 is 19.3 Å². The summed E-state index contributed by atoms with van der Waals surface area (Å²) in [5.74, 6) is 1.98. The van der Waals surface area contributed by atoms with Gasteiger partial charge in [-0.25, -0.2) is 4.73 Å². The molecule has 0 bridgehead atoms. The molecule has 1 aliphatic heterocycles. The largest absolute Gasteiger partial charge is 0.711 e. The van der Waals surface area contributed by atoms with E-state index in [1.54, 1.807) is 17.0 Å². The lowest BCUT2D eigenvalue weighted by Crippen LogP contribution is -2.44. The van der Waals surface area contributed by atoms with Crippen LogP contribution in [0.4, 0.5) is 11.5 Å². The second-order valence-corrected chi connectivity index (χ2v) is 14.2. The summed E-state index contributed by atoms with van der Waals surface area (Å²) in [5.41, 5.74) is 0.764. The molecule has 1 aliphatic rings. The van der Waals surface area contributed by atoms with Crippen LogP contribution in [0.1, 0.15) is 27.2 Å². The number of benzene rings is 1. The summed E-state index contributed by atoms with van der Waals surface area (Å²) in [6.07, 6.45) is 2.20. The third-order valence-corrected chi connectivity index (χ3v) is 10.5. The second-order valence-electron chi connectivity index (χ2n) is 9.49. The molecule has 2 heterocycles. The first kappa shape index (κ1) is 22.9. The number of pyridine rings is 1. The number of fused-ring (bicyclic) bond motifs is 1. The van der Waals surface area contributed by atoms with E-state index in [9.17, 15) is 10.0 Å². The van der Waals surface area contributed by atoms with Gasteiger partial charge in [-0.05, 0) is 36.3 Å². The molecule has 7 nitrogen and oxygen atoms in total. The smallest absolute Gasteiger partial charge is 0.279 e. The van der Waals surface area contributed by atoms with Crippen LogP contribution in [0.15, 0.2) is 42.6 Å². The molecule has 0 saturated heterocycles. The Balaban J connectivity index is 1.68. The van der Waals surface area contributed by atoms with Gasteiger partial charge in [-0.2, -0.15) is 0 Å². The third kappa shape index (κ3) is 5.12. The Morgan fingerprint density at radius 1 is 1.26 bits per heavy atom. The van der Waals surface area contributed by atoms with Crippen LogP contribution in [0.3, 0.4) is 0 Å². The molecule has 0 fully saturated rings. The first-order valence-corrected chi connectivity index (χ1v) is 13.6. The van der Waals surface area contributed by atoms with Crippen molar-refractivity contribution in [2.75, 3.05) is 36.5 Å². The summed E-state index contributed by atoms with van der Waals surface area (Å²) in [5, 5.41) is 12.0. The number of carbonyl (C=O) groups excluding carboxylic acids is 1. The molecule has 0 aliphatic carbocycles. The van der Waals surface area contributed by atoms with Gasteiger partial charge in [0.1, 0.15) is 11.5 Å². The normalized spacial score (nSPS) is 14.1. The van der Waals surface area contributed by atoms with E-state index in [4.69, 9.17) is 9.16 Å². The fraction of sp³-hybridized carbons (Fsp3) is 0.478. The van der Waals surface area contributed by atoms with Crippen molar-refractivity contribution in [1.82, 2.24) is 0 Å². The van der Waals surface area contributed by atoms with E-state index in [0.717, 1.165) is 22.6 Å². The van der Waals surface area contributed by atoms with Crippen molar-refractivity contribution in [3.05, 3.63) is 47.8 Å². The summed E-state index contributed by atoms with van der Waals surface area (Å²) in [7, 11) is -0.0829. The number of nitrogens with zero attached hydrogens (tertiary/aromatic N) is 3. The summed E-state index contributed by atoms with van der Waals surface area (Å²) >= 11 is 0. The van der Waals surface area contributed by atoms with Gasteiger partial charge in [0.15, 0.2) is 6.61 Å². The number of hydrogen-bond donors (Lipinski definition) is 0. The van der Waals surface area contributed by atoms with Crippen LogP contribution in [-0.4, -0.2) is 41.0 Å². The molecule has 31 heavy (non-hydrogen) atoms. The van der Waals surface area contributed by atoms with Gasteiger partial charge in [0.25, 0.3) is 11.7 Å². The molecule has 0 spiro atoms. The molecule has 168 valence electrons. The number of rotatable bonds is 7. The molecule has 0 atom stereocenters. The SMILES string of the molecule is CN(CCCN1C(=O)COc2cc(O[Si](C)(C)C(C)(C)C)ccc21)c1cccc[n+]1[O-]. The van der Waals surface area contributed by atoms with Gasteiger partial charge in [-0.3, -0.25) is 9.69 Å². The van der Waals surface area contributed by atoms with Crippen molar-refractivity contribution in [2.24, 2.45) is 0 Å². The van der Waals surface area contributed by atoms with Crippen molar-refractivity contribution >= 4 is 25.7 Å². The Morgan fingerprint density at radius 2 is 2.00 bits per heavy atom. The topological polar surface area (TPSA) is 69.0 Å². The van der Waals surface area contributed by atoms with Crippen LogP contribution < -0.4 is 23.7 Å². The molecule has 8 heteroatoms. The zero-order valence-electron chi connectivity index (χ0n) is 19.3. The lowest BCUT2D eigenvalue weighted by molar-refractivity contribution is -0.592. The number of ether oxygens (including phenoxy) is 1. The minimum atomic E-state index is -1.96. The van der Waals surface area contributed by atoms with Gasteiger partial charge in [0.05, 0.1) is 25.5 Å². The average Bonchev–Trinajstić information content (AvgIpc) is 2.68. The average molecular weight is 444 g/mol. The maximum absolute atomic E-state index is 12.5. The van der Waals surface area contributed by atoms with Crippen LogP contribution in [0.25, 0.3) is 0 Å². The molecule has 1 aromatic heterocycles. The van der Waals surface area contributed by atoms with Crippen LogP contribution in [0.5, 0.6) is 11.5 Å². The number of aromatic nitrogens is 1. The predicted octanol–water partition coefficient (Wildman–Crippen LogP) is 3.96. The van der Waals surface area contributed by atoms with Gasteiger partial charge in [-0.1, -0.05) is 26.8 Å². The molecule has 1 aromatic carbocycles. The maximum atomic E-state index is 12.5. The third-order valence-electron chi connectivity index (χ3n) is 6.12. The molecule has 0 radical (unpaired) electrons. The Morgan fingerprint density at radius 3 is 2.68 bits per heavy atom. The lowest BCUT2D eigenvalue weighted by atomic mass is 10.2. The highest BCUT2D eigenvalue weighted by Gasteiger charge is 2.39. The summed E-state index contributed by atoms with van der Waals surface area (Å²) in [6, 6.07) is 11.0. The summed E-state index contributed by atoms with van der Waals surface area (Å²) in [6.45, 7) is 12.2. The van der Waals surface area contributed by atoms with E-state index in [0.29, 0.717) is 24.7 Å². The number of anilines is 2. The molecule has 0 unspecified atom stereocenters. The molecule has 0 saturated carbocycles. The molecular weight excluding hydrogens is 410 g/mol. The van der Waals surface area contributed by atoms with E-state index in [-0.39, 0.29) is 17.6 Å². The highest BCUT2D eigenvalue weighted by Crippen LogP contribution is 2.40. The van der Waals surface area contributed by atoms with Gasteiger partial charge >= 0.3 is 0 Å². The first-order valence-electron chi connectivity index (χ1n) is 10.7. The standard InChI is InChI=1S/C23H33N3O4Si/c1-23(2,3)31(5,6)30-18-11-12-19-20(16-18)29-17-22(27)25(19)14-9-13-24(4)21-10-7-8-15-26(21)28/h7-8,10-12,15-16H,9,13-14,17H2,1-6H3. The monoisotopic (exact) mass is 443 g/mol. The van der Waals surface area contributed by atoms with Crippen molar-refractivity contribution in [1.29, 1.82) is 0 Å². The van der Waals surface area contributed by atoms with Crippen LogP contribution in [-0.2, 0) is 4.79 Å². The zero-order valence-corrected chi connectivity index (χ0v) is 20.3. The van der Waals surface area contributed by atoms with Crippen molar-refractivity contribution in [3.63, 3.8) is 0 Å². The minimum Gasteiger partial charge on any atom is -0.711 e. The van der Waals surface area contributed by atoms with E-state index in [1.807, 2.05) is 36.2 Å². The maximum Gasteiger partial charge on any atom is 0.279 e. The summed E-state index contributed by atoms with van der Waals surface area (Å²) < 4.78 is 12.9. The highest BCUT2D eigenvalue weighted by molar-refractivity contribution is 6.74. The van der Waals surface area contributed by atoms with E-state index in [1.165, 1.54) is 6.20 Å². The van der Waals surface area contributed by atoms with E-state index >= 15 is 0 Å². The fourth-order valence-corrected chi connectivity index (χ4v) is 4.26. The van der Waals surface area contributed by atoms with Crippen LogP contribution >= 0.6 is 0 Å². The Hall–Kier alpha value is -2.74. The van der Waals surface area contributed by atoms with Crippen molar-refractivity contribution in [2.45, 2.75) is 45.3 Å². The quantitative estimate of drug-likeness (QED) is 0.368.